The van der Waals surface area contributed by atoms with Crippen LogP contribution in [0.2, 0.25) is 0 Å². The highest BCUT2D eigenvalue weighted by molar-refractivity contribution is 7.20. The van der Waals surface area contributed by atoms with Crippen LogP contribution >= 0.6 is 11.3 Å². The number of amides is 1. The Morgan fingerprint density at radius 1 is 1.00 bits per heavy atom. The molecule has 0 spiro atoms. The molecule has 0 unspecified atom stereocenters. The van der Waals surface area contributed by atoms with Gasteiger partial charge in [-0.25, -0.2) is 4.68 Å². The van der Waals surface area contributed by atoms with Gasteiger partial charge in [-0.1, -0.05) is 12.1 Å². The molecule has 5 rings (SSSR count). The average molecular weight is 477 g/mol. The van der Waals surface area contributed by atoms with Crippen molar-refractivity contribution >= 4 is 27.5 Å². The first-order chi connectivity index (χ1) is 16.5. The van der Waals surface area contributed by atoms with Gasteiger partial charge in [-0.15, -0.1) is 11.3 Å². The molecule has 0 saturated carbocycles. The summed E-state index contributed by atoms with van der Waals surface area (Å²) in [5, 5.41) is 5.76. The first-order valence-corrected chi connectivity index (χ1v) is 12.2. The average Bonchev–Trinajstić information content (AvgIpc) is 3.43. The highest BCUT2D eigenvalue weighted by atomic mass is 32.1. The van der Waals surface area contributed by atoms with Crippen molar-refractivity contribution in [2.45, 2.75) is 13.8 Å². The normalized spacial score (nSPS) is 14.5. The molecule has 1 aliphatic rings. The summed E-state index contributed by atoms with van der Waals surface area (Å²) in [6, 6.07) is 17.8. The Morgan fingerprint density at radius 3 is 2.44 bits per heavy atom. The number of benzene rings is 2. The Morgan fingerprint density at radius 2 is 1.74 bits per heavy atom. The minimum Gasteiger partial charge on any atom is -0.497 e. The topological polar surface area (TPSA) is 59.8 Å². The van der Waals surface area contributed by atoms with Gasteiger partial charge in [-0.05, 0) is 61.9 Å². The third-order valence-electron chi connectivity index (χ3n) is 6.13. The summed E-state index contributed by atoms with van der Waals surface area (Å²) < 4.78 is 13.0. The van der Waals surface area contributed by atoms with Crippen molar-refractivity contribution in [3.8, 4) is 17.2 Å². The van der Waals surface area contributed by atoms with Crippen molar-refractivity contribution < 1.29 is 14.3 Å². The number of methoxy groups -OCH3 is 1. The lowest BCUT2D eigenvalue weighted by atomic mass is 10.2. The maximum absolute atomic E-state index is 13.3. The molecule has 4 aromatic rings. The van der Waals surface area contributed by atoms with E-state index in [-0.39, 0.29) is 5.91 Å². The van der Waals surface area contributed by atoms with Crippen LogP contribution in [0.1, 0.15) is 20.9 Å². The number of carbonyl (C=O) groups excluding carboxylic acids is 1. The van der Waals surface area contributed by atoms with Crippen molar-refractivity contribution in [3.63, 3.8) is 0 Å². The van der Waals surface area contributed by atoms with E-state index in [4.69, 9.17) is 14.6 Å². The zero-order chi connectivity index (χ0) is 23.7. The predicted octanol–water partition coefficient (Wildman–Crippen LogP) is 4.51. The van der Waals surface area contributed by atoms with Crippen LogP contribution in [0.3, 0.4) is 0 Å². The molecule has 1 fully saturated rings. The predicted molar refractivity (Wildman–Crippen MR) is 134 cm³/mol. The standard InChI is InChI=1S/C26H28N4O3S/c1-18-5-4-6-20(15-18)30-26-23(19(2)27-30)16-24(34-26)25(31)29-13-11-28(12-14-29)17-33-22-9-7-21(32-3)8-10-22/h4-10,15-16H,11-14,17H2,1-3H3. The van der Waals surface area contributed by atoms with Crippen LogP contribution in [-0.2, 0) is 0 Å². The van der Waals surface area contributed by atoms with E-state index >= 15 is 0 Å². The zero-order valence-corrected chi connectivity index (χ0v) is 20.5. The van der Waals surface area contributed by atoms with Gasteiger partial charge in [0.05, 0.1) is 23.4 Å². The van der Waals surface area contributed by atoms with E-state index in [0.29, 0.717) is 19.8 Å². The van der Waals surface area contributed by atoms with E-state index in [1.165, 1.54) is 16.9 Å². The Balaban J connectivity index is 1.23. The minimum atomic E-state index is 0.0899. The molecule has 0 N–H and O–H groups in total. The number of ether oxygens (including phenoxy) is 2. The SMILES string of the molecule is COc1ccc(OCN2CCN(C(=O)c3cc4c(C)nn(-c5cccc(C)c5)c4s3)CC2)cc1. The van der Waals surface area contributed by atoms with Crippen LogP contribution in [-0.4, -0.2) is 65.5 Å². The number of thiophene rings is 1. The molecular weight excluding hydrogens is 448 g/mol. The number of aromatic nitrogens is 2. The van der Waals surface area contributed by atoms with Gasteiger partial charge in [0.1, 0.15) is 23.1 Å². The fraction of sp³-hybridized carbons (Fsp3) is 0.308. The smallest absolute Gasteiger partial charge is 0.264 e. The number of aryl methyl sites for hydroxylation is 2. The van der Waals surface area contributed by atoms with E-state index in [2.05, 4.69) is 24.0 Å². The van der Waals surface area contributed by atoms with Gasteiger partial charge < -0.3 is 14.4 Å². The molecule has 34 heavy (non-hydrogen) atoms. The molecular formula is C26H28N4O3S. The maximum Gasteiger partial charge on any atom is 0.264 e. The summed E-state index contributed by atoms with van der Waals surface area (Å²) in [7, 11) is 1.65. The summed E-state index contributed by atoms with van der Waals surface area (Å²) in [5.41, 5.74) is 3.14. The highest BCUT2D eigenvalue weighted by Gasteiger charge is 2.25. The van der Waals surface area contributed by atoms with Gasteiger partial charge >= 0.3 is 0 Å². The molecule has 0 aliphatic carbocycles. The van der Waals surface area contributed by atoms with Crippen molar-refractivity contribution in [1.29, 1.82) is 0 Å². The van der Waals surface area contributed by atoms with Gasteiger partial charge in [0, 0.05) is 31.6 Å². The van der Waals surface area contributed by atoms with Gasteiger partial charge in [0.25, 0.3) is 5.91 Å². The number of piperazine rings is 1. The molecule has 0 radical (unpaired) electrons. The Labute approximate surface area is 203 Å². The number of hydrogen-bond acceptors (Lipinski definition) is 6. The molecule has 0 atom stereocenters. The Hall–Kier alpha value is -3.36. The number of fused-ring (bicyclic) bond motifs is 1. The molecule has 0 bridgehead atoms. The van der Waals surface area contributed by atoms with Crippen LogP contribution < -0.4 is 9.47 Å². The Bertz CT molecular complexity index is 1300. The quantitative estimate of drug-likeness (QED) is 0.410. The third kappa shape index (κ3) is 4.51. The minimum absolute atomic E-state index is 0.0899. The maximum atomic E-state index is 13.3. The zero-order valence-electron chi connectivity index (χ0n) is 19.7. The van der Waals surface area contributed by atoms with Gasteiger partial charge in [0.2, 0.25) is 0 Å². The molecule has 8 heteroatoms. The lowest BCUT2D eigenvalue weighted by molar-refractivity contribution is 0.0485. The third-order valence-corrected chi connectivity index (χ3v) is 7.23. The molecule has 7 nitrogen and oxygen atoms in total. The lowest BCUT2D eigenvalue weighted by Gasteiger charge is -2.34. The Kier molecular flexibility index (Phi) is 6.26. The molecule has 3 heterocycles. The fourth-order valence-electron chi connectivity index (χ4n) is 4.16. The van der Waals surface area contributed by atoms with Gasteiger partial charge in [-0.2, -0.15) is 5.10 Å². The number of hydrogen-bond donors (Lipinski definition) is 0. The van der Waals surface area contributed by atoms with E-state index in [0.717, 1.165) is 51.1 Å². The molecule has 1 amide bonds. The van der Waals surface area contributed by atoms with Crippen LogP contribution in [0.25, 0.3) is 15.9 Å². The first kappa shape index (κ1) is 22.4. The van der Waals surface area contributed by atoms with Crippen LogP contribution in [0.5, 0.6) is 11.5 Å². The molecule has 1 aliphatic heterocycles. The van der Waals surface area contributed by atoms with Crippen LogP contribution in [0.15, 0.2) is 54.6 Å². The number of carbonyl (C=O) groups is 1. The van der Waals surface area contributed by atoms with Crippen molar-refractivity contribution in [3.05, 3.63) is 70.7 Å². The van der Waals surface area contributed by atoms with E-state index in [9.17, 15) is 4.79 Å². The van der Waals surface area contributed by atoms with Gasteiger partial charge in [-0.3, -0.25) is 9.69 Å². The van der Waals surface area contributed by atoms with E-state index in [1.807, 2.05) is 59.0 Å². The second-order valence-electron chi connectivity index (χ2n) is 8.52. The summed E-state index contributed by atoms with van der Waals surface area (Å²) in [4.78, 5) is 19.2. The first-order valence-electron chi connectivity index (χ1n) is 11.4. The van der Waals surface area contributed by atoms with Crippen molar-refractivity contribution in [1.82, 2.24) is 19.6 Å². The highest BCUT2D eigenvalue weighted by Crippen LogP contribution is 2.31. The van der Waals surface area contributed by atoms with Crippen LogP contribution in [0, 0.1) is 13.8 Å². The lowest BCUT2D eigenvalue weighted by Crippen LogP contribution is -2.49. The van der Waals surface area contributed by atoms with Crippen molar-refractivity contribution in [2.24, 2.45) is 0 Å². The molecule has 1 saturated heterocycles. The molecule has 2 aromatic heterocycles. The number of nitrogens with zero attached hydrogens (tertiary/aromatic N) is 4. The van der Waals surface area contributed by atoms with E-state index in [1.54, 1.807) is 7.11 Å². The number of rotatable bonds is 6. The summed E-state index contributed by atoms with van der Waals surface area (Å²) in [6.45, 7) is 7.50. The second kappa shape index (κ2) is 9.48. The summed E-state index contributed by atoms with van der Waals surface area (Å²) >= 11 is 1.52. The van der Waals surface area contributed by atoms with Gasteiger partial charge in [0.15, 0.2) is 0 Å². The van der Waals surface area contributed by atoms with Crippen molar-refractivity contribution in [2.75, 3.05) is 40.0 Å². The molecule has 2 aromatic carbocycles. The monoisotopic (exact) mass is 476 g/mol. The largest absolute Gasteiger partial charge is 0.497 e. The molecule has 176 valence electrons. The summed E-state index contributed by atoms with van der Waals surface area (Å²) in [6.07, 6.45) is 0. The second-order valence-corrected chi connectivity index (χ2v) is 9.56. The van der Waals surface area contributed by atoms with E-state index < -0.39 is 0 Å². The fourth-order valence-corrected chi connectivity index (χ4v) is 5.31. The summed E-state index contributed by atoms with van der Waals surface area (Å²) in [5.74, 6) is 1.71. The van der Waals surface area contributed by atoms with Crippen LogP contribution in [0.4, 0.5) is 0 Å².